The Bertz CT molecular complexity index is 715. The maximum absolute atomic E-state index is 12.3. The first-order valence-electron chi connectivity index (χ1n) is 6.49. The molecular weight excluding hydrogens is 308 g/mol. The van der Waals surface area contributed by atoms with Gasteiger partial charge in [-0.25, -0.2) is 18.1 Å². The van der Waals surface area contributed by atoms with Gasteiger partial charge in [0.1, 0.15) is 10.0 Å². The lowest BCUT2D eigenvalue weighted by Gasteiger charge is -2.25. The van der Waals surface area contributed by atoms with E-state index < -0.39 is 10.0 Å². The van der Waals surface area contributed by atoms with Crippen LogP contribution < -0.4 is 4.72 Å². The van der Waals surface area contributed by atoms with Crippen molar-refractivity contribution in [3.05, 3.63) is 59.4 Å². The number of halogens is 1. The number of nitrogens with one attached hydrogen (secondary N) is 1. The molecule has 6 heteroatoms. The molecule has 0 aliphatic rings. The summed E-state index contributed by atoms with van der Waals surface area (Å²) in [4.78, 5) is 3.79. The van der Waals surface area contributed by atoms with Gasteiger partial charge in [0.15, 0.2) is 0 Å². The van der Waals surface area contributed by atoms with Crippen molar-refractivity contribution in [3.63, 3.8) is 0 Å². The number of hydrogen-bond acceptors (Lipinski definition) is 3. The molecule has 0 radical (unpaired) electrons. The lowest BCUT2D eigenvalue weighted by atomic mass is 9.85. The zero-order valence-corrected chi connectivity index (χ0v) is 13.4. The number of nitrogens with zero attached hydrogens (tertiary/aromatic N) is 1. The third-order valence-electron chi connectivity index (χ3n) is 3.27. The summed E-state index contributed by atoms with van der Waals surface area (Å²) in [6.45, 7) is 4.23. The van der Waals surface area contributed by atoms with E-state index >= 15 is 0 Å². The summed E-state index contributed by atoms with van der Waals surface area (Å²) in [6.07, 6.45) is 1.45. The molecule has 1 aromatic carbocycles. The van der Waals surface area contributed by atoms with Crippen molar-refractivity contribution in [1.82, 2.24) is 9.71 Å². The molecule has 0 unspecified atom stereocenters. The van der Waals surface area contributed by atoms with Gasteiger partial charge < -0.3 is 0 Å². The number of rotatable bonds is 5. The molecule has 2 rings (SSSR count). The molecule has 0 saturated heterocycles. The summed E-state index contributed by atoms with van der Waals surface area (Å²) in [5.41, 5.74) is 0.730. The fourth-order valence-electron chi connectivity index (χ4n) is 1.92. The highest BCUT2D eigenvalue weighted by Crippen LogP contribution is 2.23. The Balaban J connectivity index is 2.18. The lowest BCUT2D eigenvalue weighted by Crippen LogP contribution is -2.36. The van der Waals surface area contributed by atoms with Crippen molar-refractivity contribution < 1.29 is 8.42 Å². The van der Waals surface area contributed by atoms with Gasteiger partial charge in [-0.1, -0.05) is 55.8 Å². The van der Waals surface area contributed by atoms with Crippen LogP contribution >= 0.6 is 11.6 Å². The molecule has 0 saturated carbocycles. The van der Waals surface area contributed by atoms with Crippen molar-refractivity contribution in [1.29, 1.82) is 0 Å². The standard InChI is InChI=1S/C15H17ClN2O2S/c1-15(2,12-7-4-3-5-8-12)11-18-21(19,20)13-9-6-10-17-14(13)16/h3-10,18H,11H2,1-2H3. The molecule has 0 spiro atoms. The molecule has 4 nitrogen and oxygen atoms in total. The van der Waals surface area contributed by atoms with E-state index in [4.69, 9.17) is 11.6 Å². The number of aromatic nitrogens is 1. The lowest BCUT2D eigenvalue weighted by molar-refractivity contribution is 0.501. The molecule has 21 heavy (non-hydrogen) atoms. The molecule has 0 aliphatic carbocycles. The Morgan fingerprint density at radius 3 is 2.43 bits per heavy atom. The maximum Gasteiger partial charge on any atom is 0.243 e. The second-order valence-corrected chi connectivity index (χ2v) is 7.46. The zero-order chi connectivity index (χ0) is 15.5. The highest BCUT2D eigenvalue weighted by atomic mass is 35.5. The molecule has 0 fully saturated rings. The van der Waals surface area contributed by atoms with Crippen LogP contribution in [0.25, 0.3) is 0 Å². The summed E-state index contributed by atoms with van der Waals surface area (Å²) in [5.74, 6) is 0. The zero-order valence-electron chi connectivity index (χ0n) is 11.9. The third kappa shape index (κ3) is 3.81. The van der Waals surface area contributed by atoms with Crippen LogP contribution in [0, 0.1) is 0 Å². The fourth-order valence-corrected chi connectivity index (χ4v) is 3.58. The molecule has 0 atom stereocenters. The Morgan fingerprint density at radius 2 is 1.81 bits per heavy atom. The molecule has 0 aliphatic heterocycles. The van der Waals surface area contributed by atoms with Gasteiger partial charge in [-0.15, -0.1) is 0 Å². The van der Waals surface area contributed by atoms with Crippen LogP contribution in [-0.4, -0.2) is 19.9 Å². The first-order valence-corrected chi connectivity index (χ1v) is 8.35. The Morgan fingerprint density at radius 1 is 1.14 bits per heavy atom. The Hall–Kier alpha value is -1.43. The van der Waals surface area contributed by atoms with Crippen molar-refractivity contribution >= 4 is 21.6 Å². The molecule has 1 heterocycles. The summed E-state index contributed by atoms with van der Waals surface area (Å²) < 4.78 is 27.2. The highest BCUT2D eigenvalue weighted by molar-refractivity contribution is 7.89. The van der Waals surface area contributed by atoms with Gasteiger partial charge in [0.05, 0.1) is 0 Å². The van der Waals surface area contributed by atoms with E-state index in [1.165, 1.54) is 12.3 Å². The van der Waals surface area contributed by atoms with Crippen molar-refractivity contribution in [2.24, 2.45) is 0 Å². The average Bonchev–Trinajstić information content (AvgIpc) is 2.47. The summed E-state index contributed by atoms with van der Waals surface area (Å²) in [6, 6.07) is 12.7. The Kier molecular flexibility index (Phi) is 4.66. The molecular formula is C15H17ClN2O2S. The minimum absolute atomic E-state index is 0.00414. The van der Waals surface area contributed by atoms with Gasteiger partial charge in [0.2, 0.25) is 10.0 Å². The van der Waals surface area contributed by atoms with Gasteiger partial charge >= 0.3 is 0 Å². The molecule has 1 aromatic heterocycles. The molecule has 1 N–H and O–H groups in total. The second kappa shape index (κ2) is 6.13. The van der Waals surface area contributed by atoms with Crippen molar-refractivity contribution in [2.75, 3.05) is 6.54 Å². The highest BCUT2D eigenvalue weighted by Gasteiger charge is 2.25. The summed E-state index contributed by atoms with van der Waals surface area (Å²) in [7, 11) is -3.68. The monoisotopic (exact) mass is 324 g/mol. The van der Waals surface area contributed by atoms with Crippen LogP contribution in [0.5, 0.6) is 0 Å². The van der Waals surface area contributed by atoms with Gasteiger partial charge in [-0.2, -0.15) is 0 Å². The largest absolute Gasteiger partial charge is 0.243 e. The van der Waals surface area contributed by atoms with Crippen LogP contribution in [0.3, 0.4) is 0 Å². The van der Waals surface area contributed by atoms with Crippen LogP contribution in [0.2, 0.25) is 5.15 Å². The minimum atomic E-state index is -3.68. The molecule has 0 amide bonds. The maximum atomic E-state index is 12.3. The van der Waals surface area contributed by atoms with E-state index in [0.29, 0.717) is 0 Å². The van der Waals surface area contributed by atoms with Gasteiger partial charge in [0, 0.05) is 18.2 Å². The van der Waals surface area contributed by atoms with Crippen molar-refractivity contribution in [2.45, 2.75) is 24.2 Å². The predicted molar refractivity (Wildman–Crippen MR) is 83.9 cm³/mol. The van der Waals surface area contributed by atoms with Crippen LogP contribution in [0.4, 0.5) is 0 Å². The first kappa shape index (κ1) is 15.9. The van der Waals surface area contributed by atoms with E-state index in [1.807, 2.05) is 44.2 Å². The number of hydrogen-bond donors (Lipinski definition) is 1. The average molecular weight is 325 g/mol. The number of sulfonamides is 1. The summed E-state index contributed by atoms with van der Waals surface area (Å²) in [5, 5.41) is -0.0254. The van der Waals surface area contributed by atoms with E-state index in [1.54, 1.807) is 6.07 Å². The number of benzene rings is 1. The summed E-state index contributed by atoms with van der Waals surface area (Å²) >= 11 is 5.85. The molecule has 0 bridgehead atoms. The van der Waals surface area contributed by atoms with Crippen LogP contribution in [0.15, 0.2) is 53.6 Å². The second-order valence-electron chi connectivity index (χ2n) is 5.37. The minimum Gasteiger partial charge on any atom is -0.243 e. The van der Waals surface area contributed by atoms with E-state index in [2.05, 4.69) is 9.71 Å². The van der Waals surface area contributed by atoms with Gasteiger partial charge in [-0.3, -0.25) is 0 Å². The van der Waals surface area contributed by atoms with E-state index in [0.717, 1.165) is 5.56 Å². The molecule has 112 valence electrons. The Labute approximate surface area is 130 Å². The fraction of sp³-hybridized carbons (Fsp3) is 0.267. The third-order valence-corrected chi connectivity index (χ3v) is 5.12. The van der Waals surface area contributed by atoms with Crippen LogP contribution in [-0.2, 0) is 15.4 Å². The first-order chi connectivity index (χ1) is 9.83. The SMILES string of the molecule is CC(C)(CNS(=O)(=O)c1cccnc1Cl)c1ccccc1. The van der Waals surface area contributed by atoms with Gasteiger partial charge in [-0.05, 0) is 17.7 Å². The van der Waals surface area contributed by atoms with Crippen molar-refractivity contribution in [3.8, 4) is 0 Å². The van der Waals surface area contributed by atoms with E-state index in [9.17, 15) is 8.42 Å². The van der Waals surface area contributed by atoms with E-state index in [-0.39, 0.29) is 22.0 Å². The number of pyridine rings is 1. The normalized spacial score (nSPS) is 12.3. The quantitative estimate of drug-likeness (QED) is 0.860. The predicted octanol–water partition coefficient (Wildman–Crippen LogP) is 2.99. The molecule has 2 aromatic rings. The van der Waals surface area contributed by atoms with Gasteiger partial charge in [0.25, 0.3) is 0 Å². The smallest absolute Gasteiger partial charge is 0.243 e. The topological polar surface area (TPSA) is 59.1 Å². The van der Waals surface area contributed by atoms with Crippen LogP contribution in [0.1, 0.15) is 19.4 Å².